The van der Waals surface area contributed by atoms with Gasteiger partial charge in [-0.05, 0) is 0 Å². The zero-order valence-corrected chi connectivity index (χ0v) is 6.69. The molecule has 64 valence electrons. The van der Waals surface area contributed by atoms with E-state index in [1.165, 1.54) is 6.08 Å². The average molecular weight is 174 g/mol. The van der Waals surface area contributed by atoms with E-state index in [0.29, 0.717) is 0 Å². The lowest BCUT2D eigenvalue weighted by atomic mass is 9.75. The molecule has 0 aromatic heterocycles. The maximum absolute atomic E-state index is 11.3. The predicted octanol–water partition coefficient (Wildman–Crippen LogP) is 0.432. The van der Waals surface area contributed by atoms with Crippen LogP contribution in [0.5, 0.6) is 0 Å². The number of allylic oxidation sites excluding steroid dienone is 2. The van der Waals surface area contributed by atoms with Crippen LogP contribution in [0.15, 0.2) is 24.3 Å². The zero-order chi connectivity index (χ0) is 9.47. The summed E-state index contributed by atoms with van der Waals surface area (Å²) in [7, 11) is 0. The highest BCUT2D eigenvalue weighted by Gasteiger charge is 2.54. The second kappa shape index (κ2) is 2.33. The maximum Gasteiger partial charge on any atom is 0.337 e. The van der Waals surface area contributed by atoms with E-state index in [4.69, 9.17) is 6.42 Å². The number of hydrogen-bond acceptors (Lipinski definition) is 3. The van der Waals surface area contributed by atoms with Crippen molar-refractivity contribution in [2.75, 3.05) is 0 Å². The minimum atomic E-state index is -1.19. The van der Waals surface area contributed by atoms with Gasteiger partial charge >= 0.3 is 11.9 Å². The molecule has 1 aliphatic heterocycles. The number of esters is 2. The number of cyclic esters (lactones) is 2. The lowest BCUT2D eigenvalue weighted by Crippen LogP contribution is -2.30. The molecule has 0 spiro atoms. The number of carbonyl (C=O) groups is 2. The van der Waals surface area contributed by atoms with Crippen molar-refractivity contribution in [2.45, 2.75) is 0 Å². The Balaban J connectivity index is 2.57. The molecular weight excluding hydrogens is 168 g/mol. The van der Waals surface area contributed by atoms with Crippen molar-refractivity contribution in [2.24, 2.45) is 11.3 Å². The Morgan fingerprint density at radius 3 is 2.85 bits per heavy atom. The monoisotopic (exact) mass is 174 g/mol. The highest BCUT2D eigenvalue weighted by atomic mass is 16.6. The van der Waals surface area contributed by atoms with Gasteiger partial charge in [0, 0.05) is 0 Å². The Kier molecular flexibility index (Phi) is 1.40. The average Bonchev–Trinajstić information content (AvgIpc) is 2.41. The van der Waals surface area contributed by atoms with Crippen LogP contribution >= 0.6 is 0 Å². The topological polar surface area (TPSA) is 43.4 Å². The fourth-order valence-corrected chi connectivity index (χ4v) is 1.53. The molecule has 2 atom stereocenters. The van der Waals surface area contributed by atoms with Crippen LogP contribution in [0, 0.1) is 23.7 Å². The van der Waals surface area contributed by atoms with Gasteiger partial charge in [0.1, 0.15) is 5.92 Å². The van der Waals surface area contributed by atoms with E-state index in [0.717, 1.165) is 0 Å². The van der Waals surface area contributed by atoms with Crippen LogP contribution in [-0.4, -0.2) is 11.9 Å². The molecule has 2 aliphatic rings. The van der Waals surface area contributed by atoms with Crippen molar-refractivity contribution in [1.82, 2.24) is 0 Å². The van der Waals surface area contributed by atoms with Gasteiger partial charge < -0.3 is 4.74 Å². The van der Waals surface area contributed by atoms with E-state index in [1.54, 1.807) is 18.2 Å². The van der Waals surface area contributed by atoms with Crippen molar-refractivity contribution in [3.05, 3.63) is 24.3 Å². The van der Waals surface area contributed by atoms with Crippen molar-refractivity contribution >= 4 is 11.9 Å². The molecule has 2 unspecified atom stereocenters. The minimum Gasteiger partial charge on any atom is -0.391 e. The summed E-state index contributed by atoms with van der Waals surface area (Å²) in [5, 5.41) is 0. The largest absolute Gasteiger partial charge is 0.391 e. The number of hydrogen-bond donors (Lipinski definition) is 0. The molecule has 1 fully saturated rings. The summed E-state index contributed by atoms with van der Waals surface area (Å²) in [6, 6.07) is 0. The molecular formula is C10H6O3. The first-order valence-corrected chi connectivity index (χ1v) is 3.80. The molecule has 0 amide bonds. The molecule has 13 heavy (non-hydrogen) atoms. The van der Waals surface area contributed by atoms with Crippen molar-refractivity contribution in [3.8, 4) is 12.3 Å². The van der Waals surface area contributed by atoms with Gasteiger partial charge in [0.05, 0.1) is 0 Å². The number of ether oxygens (including phenoxy) is 1. The highest BCUT2D eigenvalue weighted by Crippen LogP contribution is 2.40. The van der Waals surface area contributed by atoms with Crippen molar-refractivity contribution in [3.63, 3.8) is 0 Å². The molecule has 1 saturated heterocycles. The molecule has 2 rings (SSSR count). The third-order valence-electron chi connectivity index (χ3n) is 2.29. The Bertz CT molecular complexity index is 383. The third-order valence-corrected chi connectivity index (χ3v) is 2.29. The van der Waals surface area contributed by atoms with Crippen LogP contribution in [0.1, 0.15) is 0 Å². The van der Waals surface area contributed by atoms with Gasteiger partial charge in [-0.25, -0.2) is 4.79 Å². The molecule has 0 bridgehead atoms. The normalized spacial score (nSPS) is 35.5. The van der Waals surface area contributed by atoms with Gasteiger partial charge in [0.25, 0.3) is 0 Å². The van der Waals surface area contributed by atoms with Crippen molar-refractivity contribution in [1.29, 1.82) is 0 Å². The highest BCUT2D eigenvalue weighted by molar-refractivity contribution is 6.03. The Morgan fingerprint density at radius 1 is 1.46 bits per heavy atom. The molecule has 0 N–H and O–H groups in total. The van der Waals surface area contributed by atoms with Gasteiger partial charge in [0.15, 0.2) is 5.41 Å². The summed E-state index contributed by atoms with van der Waals surface area (Å²) in [6.45, 7) is 0. The van der Waals surface area contributed by atoms with Gasteiger partial charge in [-0.2, -0.15) is 0 Å². The fraction of sp³-hybridized carbons (Fsp3) is 0.200. The molecule has 3 heteroatoms. The summed E-state index contributed by atoms with van der Waals surface area (Å²) in [4.78, 5) is 22.5. The Morgan fingerprint density at radius 2 is 2.23 bits per heavy atom. The summed E-state index contributed by atoms with van der Waals surface area (Å²) in [5.74, 6) is 0.469. The van der Waals surface area contributed by atoms with Gasteiger partial charge in [-0.1, -0.05) is 30.2 Å². The summed E-state index contributed by atoms with van der Waals surface area (Å²) in [5.41, 5.74) is -1.19. The van der Waals surface area contributed by atoms with Gasteiger partial charge in [-0.15, -0.1) is 6.42 Å². The number of carbonyl (C=O) groups excluding carboxylic acids is 2. The maximum atomic E-state index is 11.3. The quantitative estimate of drug-likeness (QED) is 0.304. The van der Waals surface area contributed by atoms with Crippen LogP contribution in [-0.2, 0) is 14.3 Å². The molecule has 0 radical (unpaired) electrons. The third kappa shape index (κ3) is 0.800. The van der Waals surface area contributed by atoms with Gasteiger partial charge in [-0.3, -0.25) is 4.79 Å². The minimum absolute atomic E-state index is 0.566. The van der Waals surface area contributed by atoms with E-state index in [9.17, 15) is 9.59 Å². The SMILES string of the molecule is C#CC12C=CC=CC1C(=O)OC2=O. The molecule has 0 saturated carbocycles. The fourth-order valence-electron chi connectivity index (χ4n) is 1.53. The first kappa shape index (κ1) is 7.81. The van der Waals surface area contributed by atoms with Crippen molar-refractivity contribution < 1.29 is 14.3 Å². The second-order valence-corrected chi connectivity index (χ2v) is 2.94. The smallest absolute Gasteiger partial charge is 0.337 e. The van der Waals surface area contributed by atoms with Crippen LogP contribution in [0.3, 0.4) is 0 Å². The molecule has 0 aromatic rings. The number of terminal acetylenes is 1. The molecule has 1 aliphatic carbocycles. The van der Waals surface area contributed by atoms with E-state index >= 15 is 0 Å². The van der Waals surface area contributed by atoms with E-state index in [2.05, 4.69) is 10.7 Å². The van der Waals surface area contributed by atoms with Crippen LogP contribution in [0.25, 0.3) is 0 Å². The summed E-state index contributed by atoms with van der Waals surface area (Å²) in [6.07, 6.45) is 11.7. The number of rotatable bonds is 0. The molecule has 3 nitrogen and oxygen atoms in total. The summed E-state index contributed by atoms with van der Waals surface area (Å²) < 4.78 is 4.48. The first-order valence-electron chi connectivity index (χ1n) is 3.80. The van der Waals surface area contributed by atoms with Crippen LogP contribution in [0.2, 0.25) is 0 Å². The van der Waals surface area contributed by atoms with Crippen LogP contribution in [0.4, 0.5) is 0 Å². The van der Waals surface area contributed by atoms with E-state index in [1.807, 2.05) is 0 Å². The lowest BCUT2D eigenvalue weighted by molar-refractivity contribution is -0.153. The van der Waals surface area contributed by atoms with E-state index in [-0.39, 0.29) is 0 Å². The van der Waals surface area contributed by atoms with Crippen LogP contribution < -0.4 is 0 Å². The second-order valence-electron chi connectivity index (χ2n) is 2.94. The van der Waals surface area contributed by atoms with E-state index < -0.39 is 23.3 Å². The lowest BCUT2D eigenvalue weighted by Gasteiger charge is -2.19. The zero-order valence-electron chi connectivity index (χ0n) is 6.69. The molecule has 1 heterocycles. The summed E-state index contributed by atoms with van der Waals surface area (Å²) >= 11 is 0. The predicted molar refractivity (Wildman–Crippen MR) is 44.1 cm³/mol. The first-order chi connectivity index (χ1) is 6.20. The standard InChI is InChI=1S/C10H6O3/c1-2-10-6-4-3-5-7(10)8(11)13-9(10)12/h1,3-7H. The molecule has 0 aromatic carbocycles. The Labute approximate surface area is 75.1 Å². The Hall–Kier alpha value is -1.82. The van der Waals surface area contributed by atoms with Gasteiger partial charge in [0.2, 0.25) is 0 Å². The number of fused-ring (bicyclic) bond motifs is 1.